The molecule has 0 unspecified atom stereocenters. The minimum atomic E-state index is 0.223. The van der Waals surface area contributed by atoms with Gasteiger partial charge in [-0.15, -0.1) is 0 Å². The highest BCUT2D eigenvalue weighted by molar-refractivity contribution is 5.99. The largest absolute Gasteiger partial charge is 0.331 e. The van der Waals surface area contributed by atoms with Crippen molar-refractivity contribution in [3.05, 3.63) is 59.2 Å². The lowest BCUT2D eigenvalue weighted by Crippen LogP contribution is -2.25. The lowest BCUT2D eigenvalue weighted by atomic mass is 9.99. The second-order valence-corrected chi connectivity index (χ2v) is 8.14. The molecule has 1 amide bonds. The fourth-order valence-electron chi connectivity index (χ4n) is 4.36. The quantitative estimate of drug-likeness (QED) is 0.815. The Morgan fingerprint density at radius 2 is 1.70 bits per heavy atom. The van der Waals surface area contributed by atoms with Gasteiger partial charge in [0.15, 0.2) is 0 Å². The predicted molar refractivity (Wildman–Crippen MR) is 107 cm³/mol. The molecular formula is C23H27N3O. The molecule has 1 saturated carbocycles. The second-order valence-electron chi connectivity index (χ2n) is 8.14. The van der Waals surface area contributed by atoms with Crippen LogP contribution in [-0.2, 0) is 13.1 Å². The van der Waals surface area contributed by atoms with E-state index in [-0.39, 0.29) is 5.91 Å². The maximum absolute atomic E-state index is 12.5. The molecule has 1 aliphatic carbocycles. The topological polar surface area (TPSA) is 26.8 Å². The number of carbonyl (C=O) groups excluding carboxylic acids is 1. The first-order valence-electron chi connectivity index (χ1n) is 10.2. The average molecular weight is 361 g/mol. The van der Waals surface area contributed by atoms with Crippen molar-refractivity contribution in [2.45, 2.75) is 38.9 Å². The van der Waals surface area contributed by atoms with E-state index >= 15 is 0 Å². The normalized spacial score (nSPS) is 20.5. The summed E-state index contributed by atoms with van der Waals surface area (Å²) in [7, 11) is 0. The maximum Gasteiger partial charge on any atom is 0.254 e. The van der Waals surface area contributed by atoms with E-state index in [2.05, 4.69) is 53.1 Å². The van der Waals surface area contributed by atoms with E-state index in [0.29, 0.717) is 6.04 Å². The monoisotopic (exact) mass is 361 g/mol. The summed E-state index contributed by atoms with van der Waals surface area (Å²) in [5.74, 6) is 0.223. The summed E-state index contributed by atoms with van der Waals surface area (Å²) in [6, 6.07) is 15.8. The Hall–Kier alpha value is -2.17. The van der Waals surface area contributed by atoms with Gasteiger partial charge in [0.05, 0.1) is 6.67 Å². The third-order valence-electron chi connectivity index (χ3n) is 6.20. The highest BCUT2D eigenvalue weighted by Crippen LogP contribution is 2.36. The van der Waals surface area contributed by atoms with Crippen molar-refractivity contribution in [2.24, 2.45) is 0 Å². The van der Waals surface area contributed by atoms with Crippen molar-refractivity contribution in [2.75, 3.05) is 26.3 Å². The average Bonchev–Trinajstić information content (AvgIpc) is 3.36. The zero-order valence-corrected chi connectivity index (χ0v) is 16.0. The van der Waals surface area contributed by atoms with Crippen molar-refractivity contribution in [3.8, 4) is 11.1 Å². The van der Waals surface area contributed by atoms with Crippen LogP contribution in [0.1, 0.15) is 41.3 Å². The van der Waals surface area contributed by atoms with Crippen molar-refractivity contribution in [3.63, 3.8) is 0 Å². The number of fused-ring (bicyclic) bond motifs is 1. The van der Waals surface area contributed by atoms with Crippen LogP contribution >= 0.6 is 0 Å². The fraction of sp³-hybridized carbons (Fsp3) is 0.435. The lowest BCUT2D eigenvalue weighted by Gasteiger charge is -2.17. The van der Waals surface area contributed by atoms with Crippen LogP contribution in [0.5, 0.6) is 0 Å². The first-order chi connectivity index (χ1) is 13.2. The molecule has 4 nitrogen and oxygen atoms in total. The Morgan fingerprint density at radius 3 is 2.41 bits per heavy atom. The molecule has 2 heterocycles. The van der Waals surface area contributed by atoms with Crippen LogP contribution in [-0.4, -0.2) is 53.0 Å². The smallest absolute Gasteiger partial charge is 0.254 e. The number of benzene rings is 2. The molecule has 0 spiro atoms. The molecule has 0 radical (unpaired) electrons. The Labute approximate surface area is 161 Å². The first-order valence-corrected chi connectivity index (χ1v) is 10.2. The summed E-state index contributed by atoms with van der Waals surface area (Å²) in [5, 5.41) is 0. The molecule has 2 aliphatic heterocycles. The highest BCUT2D eigenvalue weighted by atomic mass is 16.2. The molecule has 0 bridgehead atoms. The van der Waals surface area contributed by atoms with Crippen molar-refractivity contribution in [1.29, 1.82) is 0 Å². The molecular weight excluding hydrogens is 334 g/mol. The van der Waals surface area contributed by atoms with E-state index in [1.54, 1.807) is 0 Å². The molecule has 1 saturated heterocycles. The van der Waals surface area contributed by atoms with E-state index in [1.165, 1.54) is 41.6 Å². The number of amides is 1. The van der Waals surface area contributed by atoms with Gasteiger partial charge in [-0.3, -0.25) is 14.6 Å². The van der Waals surface area contributed by atoms with Gasteiger partial charge in [-0.1, -0.05) is 37.3 Å². The Bertz CT molecular complexity index is 856. The Morgan fingerprint density at radius 1 is 0.963 bits per heavy atom. The number of likely N-dealkylation sites (N-methyl/N-ethyl adjacent to an activating group) is 1. The Balaban J connectivity index is 1.30. The number of carbonyl (C=O) groups is 1. The van der Waals surface area contributed by atoms with Gasteiger partial charge in [0, 0.05) is 37.8 Å². The first kappa shape index (κ1) is 17.0. The summed E-state index contributed by atoms with van der Waals surface area (Å²) in [4.78, 5) is 19.5. The van der Waals surface area contributed by atoms with Gasteiger partial charge >= 0.3 is 0 Å². The summed E-state index contributed by atoms with van der Waals surface area (Å²) in [5.41, 5.74) is 5.90. The molecule has 0 aromatic heterocycles. The number of rotatable bonds is 5. The molecule has 2 aromatic rings. The van der Waals surface area contributed by atoms with Crippen LogP contribution in [0.15, 0.2) is 42.5 Å². The van der Waals surface area contributed by atoms with Crippen LogP contribution in [0, 0.1) is 0 Å². The van der Waals surface area contributed by atoms with Gasteiger partial charge in [0.1, 0.15) is 0 Å². The molecule has 140 valence electrons. The Kier molecular flexibility index (Phi) is 4.25. The van der Waals surface area contributed by atoms with Gasteiger partial charge < -0.3 is 4.90 Å². The molecule has 5 rings (SSSR count). The predicted octanol–water partition coefficient (Wildman–Crippen LogP) is 3.57. The third-order valence-corrected chi connectivity index (χ3v) is 6.20. The minimum Gasteiger partial charge on any atom is -0.331 e. The van der Waals surface area contributed by atoms with E-state index in [1.807, 2.05) is 11.0 Å². The zero-order valence-electron chi connectivity index (χ0n) is 16.0. The lowest BCUT2D eigenvalue weighted by molar-refractivity contribution is 0.0766. The SMILES string of the molecule is CCN1CCN(Cc2ccc(-c3ccc4c(c3)CN(C3CC3)C4=O)cc2)C1. The highest BCUT2D eigenvalue weighted by Gasteiger charge is 2.38. The number of hydrogen-bond donors (Lipinski definition) is 0. The zero-order chi connectivity index (χ0) is 18.4. The number of nitrogens with zero attached hydrogens (tertiary/aromatic N) is 3. The van der Waals surface area contributed by atoms with E-state index in [9.17, 15) is 4.79 Å². The van der Waals surface area contributed by atoms with Crippen molar-refractivity contribution < 1.29 is 4.79 Å². The molecule has 0 atom stereocenters. The van der Waals surface area contributed by atoms with Gasteiger partial charge in [-0.2, -0.15) is 0 Å². The molecule has 2 fully saturated rings. The van der Waals surface area contributed by atoms with Gasteiger partial charge in [-0.25, -0.2) is 0 Å². The van der Waals surface area contributed by atoms with Crippen molar-refractivity contribution in [1.82, 2.24) is 14.7 Å². The van der Waals surface area contributed by atoms with Crippen LogP contribution in [0.2, 0.25) is 0 Å². The van der Waals surface area contributed by atoms with Crippen molar-refractivity contribution >= 4 is 5.91 Å². The van der Waals surface area contributed by atoms with Gasteiger partial charge in [0.2, 0.25) is 0 Å². The van der Waals surface area contributed by atoms with E-state index in [0.717, 1.165) is 38.4 Å². The summed E-state index contributed by atoms with van der Waals surface area (Å²) in [6.07, 6.45) is 2.34. The molecule has 2 aromatic carbocycles. The minimum absolute atomic E-state index is 0.223. The fourth-order valence-corrected chi connectivity index (χ4v) is 4.36. The summed E-state index contributed by atoms with van der Waals surface area (Å²) < 4.78 is 0. The summed E-state index contributed by atoms with van der Waals surface area (Å²) >= 11 is 0. The molecule has 0 N–H and O–H groups in total. The molecule has 27 heavy (non-hydrogen) atoms. The van der Waals surface area contributed by atoms with Gasteiger partial charge in [0.25, 0.3) is 5.91 Å². The van der Waals surface area contributed by atoms with E-state index < -0.39 is 0 Å². The standard InChI is InChI=1S/C23H27N3O/c1-2-24-11-12-25(16-24)14-17-3-5-18(6-4-17)19-7-10-22-20(13-19)15-26(23(22)27)21-8-9-21/h3-7,10,13,21H,2,8-9,11-12,14-16H2,1H3. The second kappa shape index (κ2) is 6.77. The maximum atomic E-state index is 12.5. The van der Waals surface area contributed by atoms with Crippen LogP contribution < -0.4 is 0 Å². The third kappa shape index (κ3) is 3.28. The number of hydrogen-bond acceptors (Lipinski definition) is 3. The van der Waals surface area contributed by atoms with Gasteiger partial charge in [-0.05, 0) is 53.8 Å². The van der Waals surface area contributed by atoms with Crippen LogP contribution in [0.4, 0.5) is 0 Å². The summed E-state index contributed by atoms with van der Waals surface area (Å²) in [6.45, 7) is 8.58. The van der Waals surface area contributed by atoms with Crippen LogP contribution in [0.25, 0.3) is 11.1 Å². The van der Waals surface area contributed by atoms with E-state index in [4.69, 9.17) is 0 Å². The molecule has 4 heteroatoms. The van der Waals surface area contributed by atoms with Crippen LogP contribution in [0.3, 0.4) is 0 Å². The molecule has 3 aliphatic rings.